The number of carbonyl (C=O) groups excluding carboxylic acids is 2. The van der Waals surface area contributed by atoms with E-state index in [0.717, 1.165) is 50.4 Å². The van der Waals surface area contributed by atoms with Crippen molar-refractivity contribution in [3.63, 3.8) is 0 Å². The second-order valence-corrected chi connectivity index (χ2v) is 8.39. The van der Waals surface area contributed by atoms with Gasteiger partial charge in [0, 0.05) is 38.4 Å². The molecule has 154 valence electrons. The van der Waals surface area contributed by atoms with E-state index in [2.05, 4.69) is 34.5 Å². The van der Waals surface area contributed by atoms with E-state index in [1.807, 2.05) is 42.2 Å². The van der Waals surface area contributed by atoms with E-state index in [0.29, 0.717) is 5.75 Å². The standard InChI is InChI=1S/C23H29N3O2S/c1-19-8-10-21(11-9-19)24-22(27)17-29-18-23(28)26-13-5-12-25(14-15-26)16-20-6-3-2-4-7-20/h2-4,6-11H,5,12-18H2,1H3,(H,24,27). The average Bonchev–Trinajstić information content (AvgIpc) is 2.96. The van der Waals surface area contributed by atoms with Crippen LogP contribution in [-0.2, 0) is 16.1 Å². The molecule has 1 saturated heterocycles. The molecule has 1 fully saturated rings. The summed E-state index contributed by atoms with van der Waals surface area (Å²) in [5.74, 6) is 0.685. The highest BCUT2D eigenvalue weighted by atomic mass is 32.2. The molecular formula is C23H29N3O2S. The zero-order valence-corrected chi connectivity index (χ0v) is 17.8. The number of anilines is 1. The van der Waals surface area contributed by atoms with Gasteiger partial charge in [-0.2, -0.15) is 0 Å². The van der Waals surface area contributed by atoms with Crippen LogP contribution in [0, 0.1) is 6.92 Å². The molecule has 2 aromatic carbocycles. The summed E-state index contributed by atoms with van der Waals surface area (Å²) in [7, 11) is 0. The number of hydrogen-bond acceptors (Lipinski definition) is 4. The second-order valence-electron chi connectivity index (χ2n) is 7.40. The minimum atomic E-state index is -0.0726. The van der Waals surface area contributed by atoms with Gasteiger partial charge in [0.25, 0.3) is 0 Å². The van der Waals surface area contributed by atoms with Crippen LogP contribution in [0.15, 0.2) is 54.6 Å². The highest BCUT2D eigenvalue weighted by Crippen LogP contribution is 2.12. The van der Waals surface area contributed by atoms with Gasteiger partial charge in [-0.1, -0.05) is 48.0 Å². The van der Waals surface area contributed by atoms with Crippen molar-refractivity contribution < 1.29 is 9.59 Å². The maximum atomic E-state index is 12.5. The first kappa shape index (κ1) is 21.4. The van der Waals surface area contributed by atoms with Crippen LogP contribution in [0.25, 0.3) is 0 Å². The molecular weight excluding hydrogens is 382 g/mol. The molecule has 0 atom stereocenters. The van der Waals surface area contributed by atoms with Crippen LogP contribution in [0.4, 0.5) is 5.69 Å². The molecule has 0 radical (unpaired) electrons. The van der Waals surface area contributed by atoms with Crippen molar-refractivity contribution >= 4 is 29.3 Å². The van der Waals surface area contributed by atoms with Gasteiger partial charge in [0.05, 0.1) is 11.5 Å². The lowest BCUT2D eigenvalue weighted by Crippen LogP contribution is -2.36. The minimum absolute atomic E-state index is 0.0726. The Hall–Kier alpha value is -2.31. The smallest absolute Gasteiger partial charge is 0.234 e. The molecule has 2 aromatic rings. The number of amides is 2. The van der Waals surface area contributed by atoms with Gasteiger partial charge in [-0.15, -0.1) is 11.8 Å². The number of thioether (sulfide) groups is 1. The van der Waals surface area contributed by atoms with Gasteiger partial charge in [-0.3, -0.25) is 14.5 Å². The van der Waals surface area contributed by atoms with Gasteiger partial charge < -0.3 is 10.2 Å². The first-order chi connectivity index (χ1) is 14.1. The van der Waals surface area contributed by atoms with Gasteiger partial charge in [0.2, 0.25) is 11.8 Å². The van der Waals surface area contributed by atoms with E-state index in [1.165, 1.54) is 17.3 Å². The Balaban J connectivity index is 1.37. The number of nitrogens with one attached hydrogen (secondary N) is 1. The number of aryl methyl sites for hydroxylation is 1. The molecule has 1 N–H and O–H groups in total. The molecule has 0 aliphatic carbocycles. The lowest BCUT2D eigenvalue weighted by molar-refractivity contribution is -0.128. The molecule has 5 nitrogen and oxygen atoms in total. The molecule has 0 bridgehead atoms. The van der Waals surface area contributed by atoms with Gasteiger partial charge in [-0.05, 0) is 31.0 Å². The molecule has 1 heterocycles. The van der Waals surface area contributed by atoms with E-state index in [9.17, 15) is 9.59 Å². The summed E-state index contributed by atoms with van der Waals surface area (Å²) in [6, 6.07) is 18.2. The Morgan fingerprint density at radius 1 is 0.931 bits per heavy atom. The molecule has 6 heteroatoms. The van der Waals surface area contributed by atoms with Crippen molar-refractivity contribution in [3.05, 3.63) is 65.7 Å². The summed E-state index contributed by atoms with van der Waals surface area (Å²) in [6.07, 6.45) is 0.983. The van der Waals surface area contributed by atoms with Crippen LogP contribution in [0.2, 0.25) is 0 Å². The number of benzene rings is 2. The third-order valence-corrected chi connectivity index (χ3v) is 5.90. The number of rotatable bonds is 7. The predicted octanol–water partition coefficient (Wildman–Crippen LogP) is 3.40. The fourth-order valence-corrected chi connectivity index (χ4v) is 4.09. The van der Waals surface area contributed by atoms with Gasteiger partial charge >= 0.3 is 0 Å². The van der Waals surface area contributed by atoms with E-state index >= 15 is 0 Å². The molecule has 2 amide bonds. The fourth-order valence-electron chi connectivity index (χ4n) is 3.38. The van der Waals surface area contributed by atoms with Crippen molar-refractivity contribution in [2.75, 3.05) is 43.0 Å². The third kappa shape index (κ3) is 7.22. The van der Waals surface area contributed by atoms with Gasteiger partial charge in [0.15, 0.2) is 0 Å². The average molecular weight is 412 g/mol. The largest absolute Gasteiger partial charge is 0.341 e. The lowest BCUT2D eigenvalue weighted by atomic mass is 10.2. The Morgan fingerprint density at radius 2 is 1.69 bits per heavy atom. The summed E-state index contributed by atoms with van der Waals surface area (Å²) in [4.78, 5) is 29.0. The molecule has 1 aliphatic rings. The zero-order chi connectivity index (χ0) is 20.5. The van der Waals surface area contributed by atoms with Crippen LogP contribution in [0.1, 0.15) is 17.5 Å². The Morgan fingerprint density at radius 3 is 2.45 bits per heavy atom. The molecule has 0 unspecified atom stereocenters. The van der Waals surface area contributed by atoms with Gasteiger partial charge in [0.1, 0.15) is 0 Å². The summed E-state index contributed by atoms with van der Waals surface area (Å²) in [5, 5.41) is 2.87. The summed E-state index contributed by atoms with van der Waals surface area (Å²) in [6.45, 7) is 6.37. The van der Waals surface area contributed by atoms with Crippen LogP contribution < -0.4 is 5.32 Å². The van der Waals surface area contributed by atoms with Crippen LogP contribution >= 0.6 is 11.8 Å². The molecule has 29 heavy (non-hydrogen) atoms. The van der Waals surface area contributed by atoms with Crippen molar-refractivity contribution in [2.24, 2.45) is 0 Å². The monoisotopic (exact) mass is 411 g/mol. The molecule has 0 saturated carbocycles. The Labute approximate surface area is 177 Å². The Kier molecular flexibility index (Phi) is 8.14. The first-order valence-electron chi connectivity index (χ1n) is 10.1. The quantitative estimate of drug-likeness (QED) is 0.759. The third-order valence-electron chi connectivity index (χ3n) is 4.98. The van der Waals surface area contributed by atoms with Crippen LogP contribution in [0.5, 0.6) is 0 Å². The van der Waals surface area contributed by atoms with E-state index in [4.69, 9.17) is 0 Å². The maximum absolute atomic E-state index is 12.5. The lowest BCUT2D eigenvalue weighted by Gasteiger charge is -2.22. The van der Waals surface area contributed by atoms with Crippen molar-refractivity contribution in [3.8, 4) is 0 Å². The molecule has 3 rings (SSSR count). The maximum Gasteiger partial charge on any atom is 0.234 e. The Bertz CT molecular complexity index is 796. The number of hydrogen-bond donors (Lipinski definition) is 1. The number of nitrogens with zero attached hydrogens (tertiary/aromatic N) is 2. The minimum Gasteiger partial charge on any atom is -0.341 e. The first-order valence-corrected chi connectivity index (χ1v) is 11.2. The van der Waals surface area contributed by atoms with Crippen molar-refractivity contribution in [2.45, 2.75) is 19.9 Å². The second kappa shape index (κ2) is 11.0. The molecule has 0 aromatic heterocycles. The predicted molar refractivity (Wildman–Crippen MR) is 120 cm³/mol. The summed E-state index contributed by atoms with van der Waals surface area (Å²) < 4.78 is 0. The van der Waals surface area contributed by atoms with Crippen molar-refractivity contribution in [1.82, 2.24) is 9.80 Å². The SMILES string of the molecule is Cc1ccc(NC(=O)CSCC(=O)N2CCCN(Cc3ccccc3)CC2)cc1. The molecule has 0 spiro atoms. The van der Waals surface area contributed by atoms with Crippen molar-refractivity contribution in [1.29, 1.82) is 0 Å². The van der Waals surface area contributed by atoms with Crippen LogP contribution in [-0.4, -0.2) is 59.3 Å². The van der Waals surface area contributed by atoms with E-state index in [-0.39, 0.29) is 17.6 Å². The van der Waals surface area contributed by atoms with Gasteiger partial charge in [-0.25, -0.2) is 0 Å². The normalized spacial score (nSPS) is 15.0. The summed E-state index contributed by atoms with van der Waals surface area (Å²) >= 11 is 1.38. The highest BCUT2D eigenvalue weighted by molar-refractivity contribution is 8.00. The summed E-state index contributed by atoms with van der Waals surface area (Å²) in [5.41, 5.74) is 3.25. The van der Waals surface area contributed by atoms with E-state index < -0.39 is 0 Å². The fraction of sp³-hybridized carbons (Fsp3) is 0.391. The number of carbonyl (C=O) groups is 2. The topological polar surface area (TPSA) is 52.7 Å². The van der Waals surface area contributed by atoms with E-state index in [1.54, 1.807) is 0 Å². The zero-order valence-electron chi connectivity index (χ0n) is 17.0. The van der Waals surface area contributed by atoms with Crippen LogP contribution in [0.3, 0.4) is 0 Å². The molecule has 1 aliphatic heterocycles. The highest BCUT2D eigenvalue weighted by Gasteiger charge is 2.19.